The van der Waals surface area contributed by atoms with E-state index in [1.54, 1.807) is 48.5 Å². The molecule has 186 valence electrons. The summed E-state index contributed by atoms with van der Waals surface area (Å²) < 4.78 is 10.7. The van der Waals surface area contributed by atoms with Gasteiger partial charge in [-0.2, -0.15) is 0 Å². The maximum atomic E-state index is 13.4. The Bertz CT molecular complexity index is 1350. The van der Waals surface area contributed by atoms with Gasteiger partial charge in [-0.15, -0.1) is 0 Å². The Hall–Kier alpha value is -4.26. The third kappa shape index (κ3) is 4.40. The van der Waals surface area contributed by atoms with Crippen LogP contribution in [0.2, 0.25) is 0 Å². The van der Waals surface area contributed by atoms with Crippen molar-refractivity contribution in [2.75, 3.05) is 19.1 Å². The molecule has 0 bridgehead atoms. The number of Topliss-reactive ketones (excluding diaryl/α,β-unsaturated/α-hetero) is 1. The Labute approximate surface area is 210 Å². The first kappa shape index (κ1) is 24.9. The molecule has 1 aliphatic rings. The van der Waals surface area contributed by atoms with Gasteiger partial charge in [0.1, 0.15) is 23.0 Å². The maximum Gasteiger partial charge on any atom is 0.300 e. The first-order valence-corrected chi connectivity index (χ1v) is 11.5. The summed E-state index contributed by atoms with van der Waals surface area (Å²) in [5.74, 6) is -1.04. The number of ketones is 1. The molecule has 3 aromatic rings. The number of anilines is 1. The molecule has 1 unspecified atom stereocenters. The number of rotatable bonds is 5. The fraction of sp³-hybridized carbons (Fsp3) is 0.241. The SMILES string of the molecule is COc1ccc(N2C(=O)C(=O)/C(=C(/O)c3cc(C(C)(C)C)ccc3OC)C2c2cccc(O)c2)cc1. The van der Waals surface area contributed by atoms with Gasteiger partial charge in [0.25, 0.3) is 11.7 Å². The Morgan fingerprint density at radius 3 is 2.19 bits per heavy atom. The van der Waals surface area contributed by atoms with Crippen LogP contribution >= 0.6 is 0 Å². The summed E-state index contributed by atoms with van der Waals surface area (Å²) in [7, 11) is 3.01. The molecule has 4 rings (SSSR count). The van der Waals surface area contributed by atoms with Crippen LogP contribution in [0.3, 0.4) is 0 Å². The molecule has 1 saturated heterocycles. The summed E-state index contributed by atoms with van der Waals surface area (Å²) in [6, 6.07) is 17.4. The zero-order valence-corrected chi connectivity index (χ0v) is 20.9. The van der Waals surface area contributed by atoms with E-state index in [0.29, 0.717) is 28.3 Å². The largest absolute Gasteiger partial charge is 0.508 e. The normalized spacial score (nSPS) is 17.4. The fourth-order valence-corrected chi connectivity index (χ4v) is 4.36. The highest BCUT2D eigenvalue weighted by atomic mass is 16.5. The second-order valence-corrected chi connectivity index (χ2v) is 9.63. The van der Waals surface area contributed by atoms with E-state index in [4.69, 9.17) is 9.47 Å². The molecule has 0 spiro atoms. The molecule has 1 fully saturated rings. The molecule has 36 heavy (non-hydrogen) atoms. The molecule has 7 nitrogen and oxygen atoms in total. The second kappa shape index (κ2) is 9.41. The molecule has 1 heterocycles. The minimum absolute atomic E-state index is 0.0277. The molecule has 7 heteroatoms. The van der Waals surface area contributed by atoms with Gasteiger partial charge in [0, 0.05) is 5.69 Å². The zero-order chi connectivity index (χ0) is 26.2. The van der Waals surface area contributed by atoms with Crippen LogP contribution in [-0.2, 0) is 15.0 Å². The van der Waals surface area contributed by atoms with Crippen molar-refractivity contribution in [2.45, 2.75) is 32.2 Å². The van der Waals surface area contributed by atoms with Gasteiger partial charge in [-0.05, 0) is 65.1 Å². The number of aromatic hydroxyl groups is 1. The van der Waals surface area contributed by atoms with Crippen molar-refractivity contribution >= 4 is 23.1 Å². The number of benzene rings is 3. The van der Waals surface area contributed by atoms with E-state index in [9.17, 15) is 19.8 Å². The number of aliphatic hydroxyl groups excluding tert-OH is 1. The Kier molecular flexibility index (Phi) is 6.50. The van der Waals surface area contributed by atoms with Crippen LogP contribution in [0.4, 0.5) is 5.69 Å². The van der Waals surface area contributed by atoms with Crippen molar-refractivity contribution in [1.82, 2.24) is 0 Å². The monoisotopic (exact) mass is 487 g/mol. The van der Waals surface area contributed by atoms with Crippen LogP contribution < -0.4 is 14.4 Å². The molecule has 1 amide bonds. The highest BCUT2D eigenvalue weighted by molar-refractivity contribution is 6.51. The number of carbonyl (C=O) groups excluding carboxylic acids is 2. The molecule has 2 N–H and O–H groups in total. The fourth-order valence-electron chi connectivity index (χ4n) is 4.36. The molecule has 3 aromatic carbocycles. The molecule has 1 atom stereocenters. The predicted octanol–water partition coefficient (Wildman–Crippen LogP) is 5.33. The van der Waals surface area contributed by atoms with E-state index in [1.165, 1.54) is 31.3 Å². The number of phenolic OH excluding ortho intramolecular Hbond substituents is 1. The van der Waals surface area contributed by atoms with Gasteiger partial charge in [-0.1, -0.05) is 39.0 Å². The standard InChI is InChI=1S/C29H29NO6/c1-29(2,3)18-9-14-23(36-5)22(16-18)26(32)24-25(17-7-6-8-20(31)15-17)30(28(34)27(24)33)19-10-12-21(35-4)13-11-19/h6-16,25,31-32H,1-5H3/b26-24+. The molecule has 0 aromatic heterocycles. The molecular weight excluding hydrogens is 458 g/mol. The third-order valence-electron chi connectivity index (χ3n) is 6.30. The Morgan fingerprint density at radius 2 is 1.61 bits per heavy atom. The number of hydrogen-bond acceptors (Lipinski definition) is 6. The lowest BCUT2D eigenvalue weighted by Gasteiger charge is -2.26. The van der Waals surface area contributed by atoms with Crippen molar-refractivity contribution in [2.24, 2.45) is 0 Å². The topological polar surface area (TPSA) is 96.3 Å². The second-order valence-electron chi connectivity index (χ2n) is 9.63. The average Bonchev–Trinajstić information content (AvgIpc) is 3.13. The van der Waals surface area contributed by atoms with Crippen LogP contribution in [0.15, 0.2) is 72.3 Å². The zero-order valence-electron chi connectivity index (χ0n) is 20.9. The smallest absolute Gasteiger partial charge is 0.300 e. The summed E-state index contributed by atoms with van der Waals surface area (Å²) in [5, 5.41) is 21.8. The molecule has 0 saturated carbocycles. The van der Waals surface area contributed by atoms with Crippen LogP contribution in [0.1, 0.15) is 43.5 Å². The maximum absolute atomic E-state index is 13.4. The van der Waals surface area contributed by atoms with Gasteiger partial charge in [0.15, 0.2) is 0 Å². The predicted molar refractivity (Wildman–Crippen MR) is 138 cm³/mol. The lowest BCUT2D eigenvalue weighted by Crippen LogP contribution is -2.29. The summed E-state index contributed by atoms with van der Waals surface area (Å²) in [5.41, 5.74) is 1.82. The van der Waals surface area contributed by atoms with Crippen LogP contribution in [0.5, 0.6) is 17.2 Å². The minimum atomic E-state index is -0.978. The van der Waals surface area contributed by atoms with Gasteiger partial charge in [-0.3, -0.25) is 14.5 Å². The Balaban J connectivity index is 1.98. The molecular formula is C29H29NO6. The number of ether oxygens (including phenoxy) is 2. The van der Waals surface area contributed by atoms with Crippen LogP contribution in [0.25, 0.3) is 5.76 Å². The van der Waals surface area contributed by atoms with Gasteiger partial charge in [0.05, 0.1) is 31.4 Å². The lowest BCUT2D eigenvalue weighted by molar-refractivity contribution is -0.132. The van der Waals surface area contributed by atoms with Gasteiger partial charge < -0.3 is 19.7 Å². The van der Waals surface area contributed by atoms with Gasteiger partial charge >= 0.3 is 0 Å². The molecule has 0 aliphatic carbocycles. The van der Waals surface area contributed by atoms with E-state index in [1.807, 2.05) is 26.8 Å². The lowest BCUT2D eigenvalue weighted by atomic mass is 9.85. The van der Waals surface area contributed by atoms with E-state index in [2.05, 4.69) is 0 Å². The van der Waals surface area contributed by atoms with Crippen molar-refractivity contribution < 1.29 is 29.3 Å². The highest BCUT2D eigenvalue weighted by Crippen LogP contribution is 2.44. The Morgan fingerprint density at radius 1 is 0.917 bits per heavy atom. The van der Waals surface area contributed by atoms with Crippen molar-refractivity contribution in [3.8, 4) is 17.2 Å². The van der Waals surface area contributed by atoms with E-state index in [-0.39, 0.29) is 22.5 Å². The van der Waals surface area contributed by atoms with Crippen LogP contribution in [0, 0.1) is 0 Å². The van der Waals surface area contributed by atoms with Crippen LogP contribution in [-0.4, -0.2) is 36.1 Å². The van der Waals surface area contributed by atoms with Crippen molar-refractivity contribution in [1.29, 1.82) is 0 Å². The summed E-state index contributed by atoms with van der Waals surface area (Å²) in [6.07, 6.45) is 0. The highest BCUT2D eigenvalue weighted by Gasteiger charge is 2.47. The number of nitrogens with zero attached hydrogens (tertiary/aromatic N) is 1. The summed E-state index contributed by atoms with van der Waals surface area (Å²) in [6.45, 7) is 6.11. The molecule has 0 radical (unpaired) electrons. The number of methoxy groups -OCH3 is 2. The minimum Gasteiger partial charge on any atom is -0.508 e. The summed E-state index contributed by atoms with van der Waals surface area (Å²) >= 11 is 0. The number of hydrogen-bond donors (Lipinski definition) is 2. The molecule has 1 aliphatic heterocycles. The average molecular weight is 488 g/mol. The van der Waals surface area contributed by atoms with Gasteiger partial charge in [0.2, 0.25) is 0 Å². The van der Waals surface area contributed by atoms with Crippen molar-refractivity contribution in [3.63, 3.8) is 0 Å². The first-order chi connectivity index (χ1) is 17.1. The third-order valence-corrected chi connectivity index (χ3v) is 6.30. The first-order valence-electron chi connectivity index (χ1n) is 11.5. The van der Waals surface area contributed by atoms with Crippen molar-refractivity contribution in [3.05, 3.63) is 89.0 Å². The van der Waals surface area contributed by atoms with E-state index >= 15 is 0 Å². The van der Waals surface area contributed by atoms with Gasteiger partial charge in [-0.25, -0.2) is 0 Å². The number of amides is 1. The summed E-state index contributed by atoms with van der Waals surface area (Å²) in [4.78, 5) is 28.1. The number of aliphatic hydroxyl groups is 1. The van der Waals surface area contributed by atoms with E-state index < -0.39 is 17.7 Å². The number of phenols is 1. The number of carbonyl (C=O) groups is 2. The quantitative estimate of drug-likeness (QED) is 0.287. The van der Waals surface area contributed by atoms with E-state index in [0.717, 1.165) is 5.56 Å².